The summed E-state index contributed by atoms with van der Waals surface area (Å²) < 4.78 is 0. The number of nitrogens with zero attached hydrogens (tertiary/aromatic N) is 2. The van der Waals surface area contributed by atoms with Crippen molar-refractivity contribution < 1.29 is 19.8 Å². The summed E-state index contributed by atoms with van der Waals surface area (Å²) in [4.78, 5) is 29.2. The Kier molecular flexibility index (Phi) is 6.41. The van der Waals surface area contributed by atoms with Gasteiger partial charge >= 0.3 is 6.09 Å². The Morgan fingerprint density at radius 2 is 1.73 bits per heavy atom. The highest BCUT2D eigenvalue weighted by Gasteiger charge is 2.47. The van der Waals surface area contributed by atoms with Crippen molar-refractivity contribution in [3.8, 4) is 0 Å². The Labute approximate surface area is 196 Å². The minimum absolute atomic E-state index is 0.0866. The van der Waals surface area contributed by atoms with E-state index in [-0.39, 0.29) is 11.9 Å². The van der Waals surface area contributed by atoms with Gasteiger partial charge in [0.1, 0.15) is 0 Å². The quantitative estimate of drug-likeness (QED) is 0.684. The minimum atomic E-state index is -1.08. The zero-order valence-electron chi connectivity index (χ0n) is 20.0. The molecule has 178 valence electrons. The molecule has 0 radical (unpaired) electrons. The average molecular weight is 453 g/mol. The lowest BCUT2D eigenvalue weighted by Crippen LogP contribution is -2.53. The first-order valence-electron chi connectivity index (χ1n) is 12.1. The second kappa shape index (κ2) is 8.98. The van der Waals surface area contributed by atoms with Gasteiger partial charge in [-0.25, -0.2) is 4.79 Å². The van der Waals surface area contributed by atoms with Crippen LogP contribution in [-0.2, 0) is 4.79 Å². The Morgan fingerprint density at radius 1 is 1.06 bits per heavy atom. The van der Waals surface area contributed by atoms with E-state index in [1.165, 1.54) is 4.90 Å². The molecule has 1 saturated heterocycles. The van der Waals surface area contributed by atoms with Crippen LogP contribution in [0.2, 0.25) is 0 Å². The highest BCUT2D eigenvalue weighted by Crippen LogP contribution is 2.42. The molecule has 1 heterocycles. The summed E-state index contributed by atoms with van der Waals surface area (Å²) in [5.74, 6) is -0.731. The smallest absolute Gasteiger partial charge is 0.408 e. The van der Waals surface area contributed by atoms with E-state index in [9.17, 15) is 19.8 Å². The van der Waals surface area contributed by atoms with E-state index in [1.807, 2.05) is 63.2 Å². The molecule has 1 saturated carbocycles. The van der Waals surface area contributed by atoms with Gasteiger partial charge in [0.2, 0.25) is 5.91 Å². The molecule has 6 heteroatoms. The molecule has 2 aliphatic rings. The van der Waals surface area contributed by atoms with Gasteiger partial charge in [-0.15, -0.1) is 0 Å². The number of fused-ring (bicyclic) bond motifs is 1. The summed E-state index contributed by atoms with van der Waals surface area (Å²) in [6.07, 6.45) is 3.76. The fourth-order valence-corrected chi connectivity index (χ4v) is 5.85. The fraction of sp³-hybridized carbons (Fsp3) is 0.556. The normalized spacial score (nSPS) is 21.7. The maximum Gasteiger partial charge on any atom is 0.408 e. The molecule has 33 heavy (non-hydrogen) atoms. The molecule has 2 aromatic rings. The molecule has 2 N–H and O–H groups in total. The first-order valence-corrected chi connectivity index (χ1v) is 12.1. The molecular formula is C27H36N2O4. The molecule has 0 spiro atoms. The first-order chi connectivity index (χ1) is 15.6. The predicted molar refractivity (Wildman–Crippen MR) is 129 cm³/mol. The number of rotatable bonds is 4. The van der Waals surface area contributed by atoms with Gasteiger partial charge in [-0.2, -0.15) is 0 Å². The van der Waals surface area contributed by atoms with Crippen LogP contribution in [0.15, 0.2) is 42.5 Å². The lowest BCUT2D eigenvalue weighted by atomic mass is 9.72. The van der Waals surface area contributed by atoms with E-state index >= 15 is 0 Å². The maximum atomic E-state index is 14.0. The average Bonchev–Trinajstić information content (AvgIpc) is 3.22. The van der Waals surface area contributed by atoms with Gasteiger partial charge in [0.25, 0.3) is 0 Å². The Bertz CT molecular complexity index is 1020. The van der Waals surface area contributed by atoms with Gasteiger partial charge in [0.05, 0.1) is 17.6 Å². The summed E-state index contributed by atoms with van der Waals surface area (Å²) in [6, 6.07) is 13.8. The summed E-state index contributed by atoms with van der Waals surface area (Å²) >= 11 is 0. The van der Waals surface area contributed by atoms with Crippen LogP contribution >= 0.6 is 0 Å². The van der Waals surface area contributed by atoms with Crippen LogP contribution in [0.1, 0.15) is 70.8 Å². The molecule has 4 rings (SSSR count). The Morgan fingerprint density at radius 3 is 2.36 bits per heavy atom. The number of carboxylic acid groups (broad SMARTS) is 1. The van der Waals surface area contributed by atoms with E-state index in [1.54, 1.807) is 4.90 Å². The Balaban J connectivity index is 1.66. The van der Waals surface area contributed by atoms with Crippen molar-refractivity contribution in [1.82, 2.24) is 9.80 Å². The number of hydrogen-bond donors (Lipinski definition) is 2. The third-order valence-corrected chi connectivity index (χ3v) is 7.38. The fourth-order valence-electron chi connectivity index (χ4n) is 5.85. The topological polar surface area (TPSA) is 81.1 Å². The molecule has 2 amide bonds. The van der Waals surface area contributed by atoms with E-state index in [0.29, 0.717) is 32.4 Å². The van der Waals surface area contributed by atoms with Crippen LogP contribution in [-0.4, -0.2) is 62.3 Å². The molecule has 0 bridgehead atoms. The molecule has 2 aromatic carbocycles. The van der Waals surface area contributed by atoms with Crippen molar-refractivity contribution in [2.75, 3.05) is 13.1 Å². The van der Waals surface area contributed by atoms with Gasteiger partial charge in [0, 0.05) is 18.6 Å². The van der Waals surface area contributed by atoms with Crippen LogP contribution in [0.3, 0.4) is 0 Å². The standard InChI is InChI=1S/C27H36N2O4/c1-26(2,3)29(25(31)32)22-13-16-28(18-22)24(30)23(27(33)14-7-4-8-15-27)21-12-11-19-9-5-6-10-20(19)17-21/h5-6,9-12,17,22-23,33H,4,7-8,13-16,18H2,1-3H3,(H,31,32)/t22-,23?/m0/s1. The molecule has 6 nitrogen and oxygen atoms in total. The van der Waals surface area contributed by atoms with Crippen LogP contribution in [0, 0.1) is 0 Å². The number of aliphatic hydroxyl groups is 1. The molecule has 2 atom stereocenters. The van der Waals surface area contributed by atoms with Crippen LogP contribution < -0.4 is 0 Å². The van der Waals surface area contributed by atoms with Crippen molar-refractivity contribution in [2.24, 2.45) is 0 Å². The third-order valence-electron chi connectivity index (χ3n) is 7.38. The van der Waals surface area contributed by atoms with Crippen molar-refractivity contribution in [2.45, 2.75) is 82.4 Å². The largest absolute Gasteiger partial charge is 0.465 e. The van der Waals surface area contributed by atoms with Crippen LogP contribution in [0.4, 0.5) is 4.79 Å². The predicted octanol–water partition coefficient (Wildman–Crippen LogP) is 5.00. The lowest BCUT2D eigenvalue weighted by Gasteiger charge is -2.41. The summed E-state index contributed by atoms with van der Waals surface area (Å²) in [7, 11) is 0. The number of carbonyl (C=O) groups excluding carboxylic acids is 1. The zero-order valence-corrected chi connectivity index (χ0v) is 20.0. The summed E-state index contributed by atoms with van der Waals surface area (Å²) in [6.45, 7) is 6.52. The van der Waals surface area contributed by atoms with Gasteiger partial charge in [0.15, 0.2) is 0 Å². The maximum absolute atomic E-state index is 14.0. The summed E-state index contributed by atoms with van der Waals surface area (Å²) in [5.41, 5.74) is -0.779. The van der Waals surface area contributed by atoms with Crippen molar-refractivity contribution in [3.63, 3.8) is 0 Å². The van der Waals surface area contributed by atoms with Crippen molar-refractivity contribution in [1.29, 1.82) is 0 Å². The number of hydrogen-bond acceptors (Lipinski definition) is 3. The molecular weight excluding hydrogens is 416 g/mol. The monoisotopic (exact) mass is 452 g/mol. The van der Waals surface area contributed by atoms with Gasteiger partial charge in [-0.05, 0) is 56.4 Å². The second-order valence-electron chi connectivity index (χ2n) is 10.8. The molecule has 1 aliphatic heterocycles. The second-order valence-corrected chi connectivity index (χ2v) is 10.8. The first kappa shape index (κ1) is 23.6. The third kappa shape index (κ3) is 4.72. The number of carbonyl (C=O) groups is 2. The number of benzene rings is 2. The van der Waals surface area contributed by atoms with Crippen LogP contribution in [0.5, 0.6) is 0 Å². The van der Waals surface area contributed by atoms with Gasteiger partial charge in [-0.1, -0.05) is 61.7 Å². The molecule has 2 fully saturated rings. The molecule has 1 unspecified atom stereocenters. The number of amides is 2. The van der Waals surface area contributed by atoms with E-state index < -0.39 is 23.2 Å². The van der Waals surface area contributed by atoms with E-state index in [0.717, 1.165) is 35.6 Å². The molecule has 1 aliphatic carbocycles. The zero-order chi connectivity index (χ0) is 23.8. The van der Waals surface area contributed by atoms with Crippen LogP contribution in [0.25, 0.3) is 10.8 Å². The highest BCUT2D eigenvalue weighted by molar-refractivity contribution is 5.89. The SMILES string of the molecule is CC(C)(C)N(C(=O)O)[C@H]1CCN(C(=O)C(c2ccc3ccccc3c2)C2(O)CCCCC2)C1. The van der Waals surface area contributed by atoms with E-state index in [2.05, 4.69) is 0 Å². The summed E-state index contributed by atoms with van der Waals surface area (Å²) in [5, 5.41) is 23.7. The lowest BCUT2D eigenvalue weighted by molar-refractivity contribution is -0.140. The number of likely N-dealkylation sites (tertiary alicyclic amines) is 1. The van der Waals surface area contributed by atoms with E-state index in [4.69, 9.17) is 0 Å². The minimum Gasteiger partial charge on any atom is -0.465 e. The van der Waals surface area contributed by atoms with Crippen molar-refractivity contribution in [3.05, 3.63) is 48.0 Å². The van der Waals surface area contributed by atoms with Crippen molar-refractivity contribution >= 4 is 22.8 Å². The Hall–Kier alpha value is -2.60. The molecule has 0 aromatic heterocycles. The van der Waals surface area contributed by atoms with Gasteiger partial charge < -0.3 is 15.1 Å². The van der Waals surface area contributed by atoms with Gasteiger partial charge in [-0.3, -0.25) is 9.69 Å². The highest BCUT2D eigenvalue weighted by atomic mass is 16.4.